The van der Waals surface area contributed by atoms with Gasteiger partial charge < -0.3 is 10.2 Å². The van der Waals surface area contributed by atoms with Crippen molar-refractivity contribution >= 4 is 17.5 Å². The van der Waals surface area contributed by atoms with Gasteiger partial charge in [-0.15, -0.1) is 0 Å². The van der Waals surface area contributed by atoms with Crippen LogP contribution >= 0.6 is 11.6 Å². The number of benzene rings is 1. The fourth-order valence-corrected chi connectivity index (χ4v) is 3.02. The van der Waals surface area contributed by atoms with Crippen molar-refractivity contribution in [3.05, 3.63) is 34.3 Å². The zero-order valence-corrected chi connectivity index (χ0v) is 13.9. The summed E-state index contributed by atoms with van der Waals surface area (Å²) in [5.74, 6) is 0.516. The molecular weight excluding hydrogens is 284 g/mol. The first kappa shape index (κ1) is 16.3. The molecule has 0 unspecified atom stereocenters. The molecule has 0 radical (unpaired) electrons. The average molecular weight is 309 g/mol. The lowest BCUT2D eigenvalue weighted by molar-refractivity contribution is 0.0930. The molecule has 3 nitrogen and oxygen atoms in total. The third kappa shape index (κ3) is 4.45. The highest BCUT2D eigenvalue weighted by Crippen LogP contribution is 2.20. The first-order valence-corrected chi connectivity index (χ1v) is 8.13. The van der Waals surface area contributed by atoms with Gasteiger partial charge in [0, 0.05) is 12.6 Å². The van der Waals surface area contributed by atoms with E-state index < -0.39 is 0 Å². The number of carbonyl (C=O) groups excluding carboxylic acids is 1. The summed E-state index contributed by atoms with van der Waals surface area (Å²) < 4.78 is 0. The Hall–Kier alpha value is -1.06. The van der Waals surface area contributed by atoms with Gasteiger partial charge in [0.25, 0.3) is 5.91 Å². The third-order valence-electron chi connectivity index (χ3n) is 4.30. The van der Waals surface area contributed by atoms with Crippen LogP contribution in [0.1, 0.15) is 42.6 Å². The minimum absolute atomic E-state index is 0.0602. The highest BCUT2D eigenvalue weighted by atomic mass is 35.5. The van der Waals surface area contributed by atoms with Crippen LogP contribution in [0, 0.1) is 12.8 Å². The summed E-state index contributed by atoms with van der Waals surface area (Å²) in [5.41, 5.74) is 1.63. The Bertz CT molecular complexity index is 494. The van der Waals surface area contributed by atoms with Gasteiger partial charge in [0.15, 0.2) is 0 Å². The summed E-state index contributed by atoms with van der Waals surface area (Å²) in [6, 6.07) is 6.17. The molecule has 1 N–H and O–H groups in total. The van der Waals surface area contributed by atoms with Gasteiger partial charge in [-0.1, -0.05) is 23.2 Å². The van der Waals surface area contributed by atoms with Gasteiger partial charge in [-0.2, -0.15) is 0 Å². The van der Waals surface area contributed by atoms with Gasteiger partial charge in [-0.3, -0.25) is 4.79 Å². The van der Waals surface area contributed by atoms with E-state index in [-0.39, 0.29) is 5.91 Å². The van der Waals surface area contributed by atoms with E-state index in [0.717, 1.165) is 38.0 Å². The van der Waals surface area contributed by atoms with Crippen molar-refractivity contribution in [1.29, 1.82) is 0 Å². The molecule has 1 heterocycles. The van der Waals surface area contributed by atoms with Gasteiger partial charge in [-0.25, -0.2) is 0 Å². The minimum Gasteiger partial charge on any atom is -0.352 e. The lowest BCUT2D eigenvalue weighted by Crippen LogP contribution is -2.41. The largest absolute Gasteiger partial charge is 0.352 e. The summed E-state index contributed by atoms with van der Waals surface area (Å²) >= 11 is 6.10. The minimum atomic E-state index is -0.0602. The molecular formula is C17H25ClN2O. The smallest absolute Gasteiger partial charge is 0.252 e. The van der Waals surface area contributed by atoms with Crippen molar-refractivity contribution < 1.29 is 4.79 Å². The van der Waals surface area contributed by atoms with Crippen molar-refractivity contribution in [3.8, 4) is 0 Å². The number of nitrogens with one attached hydrogen (secondary N) is 1. The molecule has 4 heteroatoms. The SMILES string of the molecule is Cc1ccc(Cl)c(C(=O)NCC2CCN(C(C)C)CC2)c1. The molecule has 1 aromatic rings. The van der Waals surface area contributed by atoms with Crippen LogP contribution < -0.4 is 5.32 Å². The van der Waals surface area contributed by atoms with E-state index in [4.69, 9.17) is 11.6 Å². The van der Waals surface area contributed by atoms with Crippen molar-refractivity contribution in [1.82, 2.24) is 10.2 Å². The predicted molar refractivity (Wildman–Crippen MR) is 88.0 cm³/mol. The van der Waals surface area contributed by atoms with Crippen LogP contribution in [0.2, 0.25) is 5.02 Å². The van der Waals surface area contributed by atoms with Crippen LogP contribution in [0.15, 0.2) is 18.2 Å². The van der Waals surface area contributed by atoms with E-state index in [1.165, 1.54) is 0 Å². The molecule has 1 amide bonds. The van der Waals surface area contributed by atoms with E-state index in [1.54, 1.807) is 6.07 Å². The number of rotatable bonds is 4. The van der Waals surface area contributed by atoms with Gasteiger partial charge >= 0.3 is 0 Å². The molecule has 0 aliphatic carbocycles. The quantitative estimate of drug-likeness (QED) is 0.923. The molecule has 1 aromatic carbocycles. The van der Waals surface area contributed by atoms with E-state index in [0.29, 0.717) is 22.5 Å². The number of aryl methyl sites for hydroxylation is 1. The highest BCUT2D eigenvalue weighted by molar-refractivity contribution is 6.33. The van der Waals surface area contributed by atoms with Crippen LogP contribution in [0.5, 0.6) is 0 Å². The average Bonchev–Trinajstić information content (AvgIpc) is 2.47. The number of likely N-dealkylation sites (tertiary alicyclic amines) is 1. The van der Waals surface area contributed by atoms with Crippen LogP contribution in [-0.2, 0) is 0 Å². The molecule has 0 aromatic heterocycles. The number of nitrogens with zero attached hydrogens (tertiary/aromatic N) is 1. The summed E-state index contributed by atoms with van der Waals surface area (Å²) in [6.07, 6.45) is 2.31. The first-order chi connectivity index (χ1) is 9.97. The molecule has 0 spiro atoms. The molecule has 0 bridgehead atoms. The zero-order chi connectivity index (χ0) is 15.4. The fourth-order valence-electron chi connectivity index (χ4n) is 2.82. The molecule has 0 atom stereocenters. The lowest BCUT2D eigenvalue weighted by Gasteiger charge is -2.34. The monoisotopic (exact) mass is 308 g/mol. The Balaban J connectivity index is 1.84. The van der Waals surface area contributed by atoms with Crippen LogP contribution in [0.25, 0.3) is 0 Å². The molecule has 116 valence electrons. The Labute approximate surface area is 132 Å². The van der Waals surface area contributed by atoms with Crippen molar-refractivity contribution in [3.63, 3.8) is 0 Å². The highest BCUT2D eigenvalue weighted by Gasteiger charge is 2.21. The Morgan fingerprint density at radius 3 is 2.67 bits per heavy atom. The van der Waals surface area contributed by atoms with E-state index in [9.17, 15) is 4.79 Å². The molecule has 2 rings (SSSR count). The van der Waals surface area contributed by atoms with E-state index in [2.05, 4.69) is 24.1 Å². The Morgan fingerprint density at radius 1 is 1.38 bits per heavy atom. The standard InChI is InChI=1S/C17H25ClN2O/c1-12(2)20-8-6-14(7-9-20)11-19-17(21)15-10-13(3)4-5-16(15)18/h4-5,10,12,14H,6-9,11H2,1-3H3,(H,19,21). The third-order valence-corrected chi connectivity index (χ3v) is 4.63. The summed E-state index contributed by atoms with van der Waals surface area (Å²) in [6.45, 7) is 9.44. The zero-order valence-electron chi connectivity index (χ0n) is 13.2. The number of halogens is 1. The number of piperidine rings is 1. The number of amides is 1. The molecule has 1 aliphatic heterocycles. The number of hydrogen-bond acceptors (Lipinski definition) is 2. The molecule has 1 saturated heterocycles. The maximum atomic E-state index is 12.2. The summed E-state index contributed by atoms with van der Waals surface area (Å²) in [5, 5.41) is 3.56. The Kier molecular flexibility index (Phi) is 5.65. The van der Waals surface area contributed by atoms with Crippen LogP contribution in [-0.4, -0.2) is 36.5 Å². The van der Waals surface area contributed by atoms with E-state index in [1.807, 2.05) is 19.1 Å². The number of carbonyl (C=O) groups is 1. The summed E-state index contributed by atoms with van der Waals surface area (Å²) in [7, 11) is 0. The first-order valence-electron chi connectivity index (χ1n) is 7.75. The molecule has 1 aliphatic rings. The molecule has 21 heavy (non-hydrogen) atoms. The van der Waals surface area contributed by atoms with Crippen LogP contribution in [0.3, 0.4) is 0 Å². The van der Waals surface area contributed by atoms with Gasteiger partial charge in [0.2, 0.25) is 0 Å². The second-order valence-electron chi connectivity index (χ2n) is 6.27. The van der Waals surface area contributed by atoms with Crippen molar-refractivity contribution in [2.75, 3.05) is 19.6 Å². The maximum absolute atomic E-state index is 12.2. The van der Waals surface area contributed by atoms with Crippen LogP contribution in [0.4, 0.5) is 0 Å². The second kappa shape index (κ2) is 7.28. The van der Waals surface area contributed by atoms with Gasteiger partial charge in [-0.05, 0) is 64.8 Å². The van der Waals surface area contributed by atoms with Crippen molar-refractivity contribution in [2.24, 2.45) is 5.92 Å². The summed E-state index contributed by atoms with van der Waals surface area (Å²) in [4.78, 5) is 14.7. The second-order valence-corrected chi connectivity index (χ2v) is 6.67. The molecule has 1 fully saturated rings. The van der Waals surface area contributed by atoms with E-state index >= 15 is 0 Å². The molecule has 0 saturated carbocycles. The van der Waals surface area contributed by atoms with Gasteiger partial charge in [0.05, 0.1) is 10.6 Å². The van der Waals surface area contributed by atoms with Crippen molar-refractivity contribution in [2.45, 2.75) is 39.7 Å². The predicted octanol–water partition coefficient (Wildman–Crippen LogP) is 3.50. The Morgan fingerprint density at radius 2 is 2.05 bits per heavy atom. The topological polar surface area (TPSA) is 32.3 Å². The number of hydrogen-bond donors (Lipinski definition) is 1. The van der Waals surface area contributed by atoms with Gasteiger partial charge in [0.1, 0.15) is 0 Å². The maximum Gasteiger partial charge on any atom is 0.252 e. The lowest BCUT2D eigenvalue weighted by atomic mass is 9.96. The normalized spacial score (nSPS) is 17.2. The fraction of sp³-hybridized carbons (Fsp3) is 0.588.